The van der Waals surface area contributed by atoms with Gasteiger partial charge in [-0.05, 0) is 30.7 Å². The molecule has 5 heteroatoms. The second-order valence-corrected chi connectivity index (χ2v) is 4.56. The van der Waals surface area contributed by atoms with Crippen LogP contribution in [0.2, 0.25) is 0 Å². The molecule has 0 fully saturated rings. The molecule has 1 aliphatic heterocycles. The van der Waals surface area contributed by atoms with Crippen molar-refractivity contribution in [2.75, 3.05) is 18.1 Å². The molecule has 20 heavy (non-hydrogen) atoms. The minimum absolute atomic E-state index is 0.434. The number of pyridine rings is 1. The van der Waals surface area contributed by atoms with Gasteiger partial charge in [0, 0.05) is 12.7 Å². The van der Waals surface area contributed by atoms with E-state index in [1.807, 2.05) is 35.2 Å². The molecule has 5 nitrogen and oxygen atoms in total. The van der Waals surface area contributed by atoms with Crippen molar-refractivity contribution in [3.05, 3.63) is 48.2 Å². The molecule has 0 aliphatic carbocycles. The average Bonchev–Trinajstić information content (AvgIpc) is 2.69. The second-order valence-electron chi connectivity index (χ2n) is 4.56. The quantitative estimate of drug-likeness (QED) is 0.906. The van der Waals surface area contributed by atoms with Crippen molar-refractivity contribution in [3.8, 4) is 5.88 Å². The molecule has 0 atom stereocenters. The zero-order valence-electron chi connectivity index (χ0n) is 11.0. The lowest BCUT2D eigenvalue weighted by Gasteiger charge is -2.24. The summed E-state index contributed by atoms with van der Waals surface area (Å²) in [6.45, 7) is 1.36. The van der Waals surface area contributed by atoms with Crippen molar-refractivity contribution in [3.63, 3.8) is 0 Å². The van der Waals surface area contributed by atoms with E-state index in [2.05, 4.69) is 4.98 Å². The second kappa shape index (κ2) is 5.21. The molecule has 1 aromatic heterocycles. The molecule has 2 heterocycles. The van der Waals surface area contributed by atoms with E-state index in [9.17, 15) is 4.79 Å². The zero-order chi connectivity index (χ0) is 13.9. The summed E-state index contributed by atoms with van der Waals surface area (Å²) in [6, 6.07) is 11.1. The van der Waals surface area contributed by atoms with Crippen LogP contribution in [0.15, 0.2) is 42.6 Å². The van der Waals surface area contributed by atoms with E-state index in [-0.39, 0.29) is 0 Å². The first-order chi connectivity index (χ1) is 9.77. The van der Waals surface area contributed by atoms with E-state index in [0.717, 1.165) is 24.3 Å². The lowest BCUT2D eigenvalue weighted by atomic mass is 10.1. The molecule has 0 radical (unpaired) electrons. The molecular formula is C15H15N3O2. The number of para-hydroxylation sites is 1. The van der Waals surface area contributed by atoms with Crippen LogP contribution < -0.4 is 15.4 Å². The van der Waals surface area contributed by atoms with Crippen LogP contribution in [0.5, 0.6) is 5.88 Å². The van der Waals surface area contributed by atoms with Crippen LogP contribution in [0.4, 0.5) is 11.4 Å². The van der Waals surface area contributed by atoms with Gasteiger partial charge in [-0.1, -0.05) is 12.1 Å². The fraction of sp³-hybridized carbons (Fsp3) is 0.200. The number of nitrogens with two attached hydrogens (primary N) is 1. The summed E-state index contributed by atoms with van der Waals surface area (Å²) in [5, 5.41) is 0. The largest absolute Gasteiger partial charge is 0.476 e. The van der Waals surface area contributed by atoms with Gasteiger partial charge in [-0.25, -0.2) is 4.98 Å². The summed E-state index contributed by atoms with van der Waals surface area (Å²) in [4.78, 5) is 17.9. The van der Waals surface area contributed by atoms with Crippen molar-refractivity contribution >= 4 is 17.3 Å². The monoisotopic (exact) mass is 269 g/mol. The number of benzene rings is 1. The van der Waals surface area contributed by atoms with Gasteiger partial charge in [0.05, 0.1) is 17.9 Å². The predicted octanol–water partition coefficient (Wildman–Crippen LogP) is 2.10. The van der Waals surface area contributed by atoms with Gasteiger partial charge in [0.1, 0.15) is 5.69 Å². The van der Waals surface area contributed by atoms with Crippen molar-refractivity contribution in [2.24, 2.45) is 5.73 Å². The highest BCUT2D eigenvalue weighted by atomic mass is 16.5. The van der Waals surface area contributed by atoms with Gasteiger partial charge in [0.25, 0.3) is 5.91 Å². The van der Waals surface area contributed by atoms with Crippen LogP contribution in [0.3, 0.4) is 0 Å². The highest BCUT2D eigenvalue weighted by Crippen LogP contribution is 2.35. The molecule has 1 aromatic carbocycles. The molecule has 2 aromatic rings. The first kappa shape index (κ1) is 12.5. The third kappa shape index (κ3) is 2.18. The number of carbonyl (C=O) groups excluding carboxylic acids is 1. The Morgan fingerprint density at radius 3 is 2.85 bits per heavy atom. The molecular weight excluding hydrogens is 254 g/mol. The number of amides is 1. The highest BCUT2D eigenvalue weighted by Gasteiger charge is 2.21. The van der Waals surface area contributed by atoms with Gasteiger partial charge in [-0.15, -0.1) is 0 Å². The molecule has 0 unspecified atom stereocenters. The number of fused-ring (bicyclic) bond motifs is 1. The van der Waals surface area contributed by atoms with E-state index < -0.39 is 5.91 Å². The lowest BCUT2D eigenvalue weighted by molar-refractivity contribution is 0.100. The van der Waals surface area contributed by atoms with Crippen LogP contribution in [-0.2, 0) is 0 Å². The molecule has 102 valence electrons. The third-order valence-corrected chi connectivity index (χ3v) is 3.27. The number of ether oxygens (including phenoxy) is 1. The molecule has 0 saturated heterocycles. The average molecular weight is 269 g/mol. The minimum Gasteiger partial charge on any atom is -0.476 e. The molecule has 3 rings (SSSR count). The Kier molecular flexibility index (Phi) is 3.25. The standard InChI is InChI=1S/C15H15N3O2/c16-14(19)11-5-1-2-6-12(11)18-9-4-10-20-15-13(18)7-3-8-17-15/h1-3,5-8H,4,9-10H2,(H2,16,19). The van der Waals surface area contributed by atoms with Gasteiger partial charge in [-0.3, -0.25) is 4.79 Å². The Morgan fingerprint density at radius 1 is 1.20 bits per heavy atom. The number of primary amides is 1. The number of hydrogen-bond donors (Lipinski definition) is 1. The zero-order valence-corrected chi connectivity index (χ0v) is 11.0. The van der Waals surface area contributed by atoms with Crippen molar-refractivity contribution in [1.82, 2.24) is 4.98 Å². The predicted molar refractivity (Wildman–Crippen MR) is 76.3 cm³/mol. The molecule has 2 N–H and O–H groups in total. The topological polar surface area (TPSA) is 68.5 Å². The number of rotatable bonds is 2. The van der Waals surface area contributed by atoms with E-state index >= 15 is 0 Å². The van der Waals surface area contributed by atoms with Gasteiger partial charge in [0.2, 0.25) is 5.88 Å². The Bertz CT molecular complexity index is 643. The summed E-state index contributed by atoms with van der Waals surface area (Å²) in [7, 11) is 0. The maximum absolute atomic E-state index is 11.6. The number of carbonyl (C=O) groups is 1. The Labute approximate surface area is 117 Å². The minimum atomic E-state index is -0.434. The molecule has 0 saturated carbocycles. The summed E-state index contributed by atoms with van der Waals surface area (Å²) < 4.78 is 5.63. The van der Waals surface area contributed by atoms with Gasteiger partial charge in [0.15, 0.2) is 0 Å². The van der Waals surface area contributed by atoms with Gasteiger partial charge in [-0.2, -0.15) is 0 Å². The lowest BCUT2D eigenvalue weighted by Crippen LogP contribution is -2.22. The van der Waals surface area contributed by atoms with Gasteiger partial charge < -0.3 is 15.4 Å². The van der Waals surface area contributed by atoms with Gasteiger partial charge >= 0.3 is 0 Å². The van der Waals surface area contributed by atoms with Crippen LogP contribution in [0.25, 0.3) is 0 Å². The Balaban J connectivity index is 2.13. The summed E-state index contributed by atoms with van der Waals surface area (Å²) in [6.07, 6.45) is 2.55. The Morgan fingerprint density at radius 2 is 2.00 bits per heavy atom. The molecule has 0 bridgehead atoms. The number of hydrogen-bond acceptors (Lipinski definition) is 4. The fourth-order valence-electron chi connectivity index (χ4n) is 2.38. The van der Waals surface area contributed by atoms with E-state index in [1.54, 1.807) is 12.3 Å². The smallest absolute Gasteiger partial charge is 0.250 e. The molecule has 1 aliphatic rings. The fourth-order valence-corrected chi connectivity index (χ4v) is 2.38. The third-order valence-electron chi connectivity index (χ3n) is 3.27. The van der Waals surface area contributed by atoms with E-state index in [1.165, 1.54) is 0 Å². The number of nitrogens with zero attached hydrogens (tertiary/aromatic N) is 2. The van der Waals surface area contributed by atoms with Crippen molar-refractivity contribution in [1.29, 1.82) is 0 Å². The molecule has 0 spiro atoms. The summed E-state index contributed by atoms with van der Waals surface area (Å²) >= 11 is 0. The normalized spacial score (nSPS) is 14.1. The summed E-state index contributed by atoms with van der Waals surface area (Å²) in [5.74, 6) is 0.153. The maximum Gasteiger partial charge on any atom is 0.250 e. The van der Waals surface area contributed by atoms with Crippen LogP contribution >= 0.6 is 0 Å². The first-order valence-electron chi connectivity index (χ1n) is 6.51. The highest BCUT2D eigenvalue weighted by molar-refractivity contribution is 5.99. The first-order valence-corrected chi connectivity index (χ1v) is 6.51. The van der Waals surface area contributed by atoms with E-state index in [4.69, 9.17) is 10.5 Å². The van der Waals surface area contributed by atoms with Crippen molar-refractivity contribution < 1.29 is 9.53 Å². The Hall–Kier alpha value is -2.56. The van der Waals surface area contributed by atoms with E-state index in [0.29, 0.717) is 18.1 Å². The van der Waals surface area contributed by atoms with Crippen LogP contribution in [-0.4, -0.2) is 24.0 Å². The van der Waals surface area contributed by atoms with Crippen LogP contribution in [0.1, 0.15) is 16.8 Å². The maximum atomic E-state index is 11.6. The summed E-state index contributed by atoms with van der Waals surface area (Å²) in [5.41, 5.74) is 7.62. The SMILES string of the molecule is NC(=O)c1ccccc1N1CCCOc2ncccc21. The molecule has 1 amide bonds. The van der Waals surface area contributed by atoms with Crippen LogP contribution in [0, 0.1) is 0 Å². The number of anilines is 2. The van der Waals surface area contributed by atoms with Crippen molar-refractivity contribution in [2.45, 2.75) is 6.42 Å². The number of aromatic nitrogens is 1.